The Morgan fingerprint density at radius 1 is 1.24 bits per heavy atom. The van der Waals surface area contributed by atoms with Gasteiger partial charge in [0.2, 0.25) is 0 Å². The molecule has 1 aromatic heterocycles. The van der Waals surface area contributed by atoms with Crippen LogP contribution in [0.3, 0.4) is 0 Å². The number of halogens is 1. The molecule has 1 spiro atoms. The fourth-order valence-corrected chi connectivity index (χ4v) is 3.26. The standard InChI is InChI=1S/C16H17FN2O2/c17-12-1-2-13-14(9-12)18-5-3-15(13)19-6-8-21-16(10-19)4-7-20-11-16/h1-3,5,9H,4,6-8,10-11H2. The van der Waals surface area contributed by atoms with E-state index in [4.69, 9.17) is 9.47 Å². The number of hydrogen-bond donors (Lipinski definition) is 0. The van der Waals surface area contributed by atoms with E-state index in [0.29, 0.717) is 18.7 Å². The largest absolute Gasteiger partial charge is 0.378 e. The van der Waals surface area contributed by atoms with Gasteiger partial charge in [-0.2, -0.15) is 0 Å². The van der Waals surface area contributed by atoms with Gasteiger partial charge in [-0.15, -0.1) is 0 Å². The number of ether oxygens (including phenoxy) is 2. The second-order valence-electron chi connectivity index (χ2n) is 5.75. The van der Waals surface area contributed by atoms with Crippen molar-refractivity contribution in [1.82, 2.24) is 4.98 Å². The maximum absolute atomic E-state index is 13.4. The van der Waals surface area contributed by atoms with Crippen LogP contribution in [0.1, 0.15) is 6.42 Å². The molecular weight excluding hydrogens is 271 g/mol. The fourth-order valence-electron chi connectivity index (χ4n) is 3.26. The Morgan fingerprint density at radius 2 is 2.19 bits per heavy atom. The molecule has 2 aromatic rings. The number of anilines is 1. The summed E-state index contributed by atoms with van der Waals surface area (Å²) < 4.78 is 24.8. The Morgan fingerprint density at radius 3 is 3.05 bits per heavy atom. The van der Waals surface area contributed by atoms with Crippen LogP contribution in [0.15, 0.2) is 30.5 Å². The number of fused-ring (bicyclic) bond motifs is 1. The second kappa shape index (κ2) is 4.93. The first kappa shape index (κ1) is 13.0. The van der Waals surface area contributed by atoms with E-state index in [9.17, 15) is 4.39 Å². The van der Waals surface area contributed by atoms with Crippen LogP contribution in [0.2, 0.25) is 0 Å². The lowest BCUT2D eigenvalue weighted by atomic mass is 10.00. The molecular formula is C16H17FN2O2. The van der Waals surface area contributed by atoms with Gasteiger partial charge in [0, 0.05) is 49.5 Å². The van der Waals surface area contributed by atoms with Crippen LogP contribution < -0.4 is 4.90 Å². The van der Waals surface area contributed by atoms with Gasteiger partial charge in [-0.25, -0.2) is 4.39 Å². The van der Waals surface area contributed by atoms with Crippen molar-refractivity contribution < 1.29 is 13.9 Å². The summed E-state index contributed by atoms with van der Waals surface area (Å²) in [5.41, 5.74) is 1.60. The molecule has 21 heavy (non-hydrogen) atoms. The molecule has 0 aliphatic carbocycles. The van der Waals surface area contributed by atoms with E-state index in [1.165, 1.54) is 12.1 Å². The van der Waals surface area contributed by atoms with Crippen molar-refractivity contribution in [2.75, 3.05) is 37.8 Å². The number of rotatable bonds is 1. The molecule has 1 atom stereocenters. The lowest BCUT2D eigenvalue weighted by molar-refractivity contribution is -0.0578. The quantitative estimate of drug-likeness (QED) is 0.807. The third-order valence-electron chi connectivity index (χ3n) is 4.34. The van der Waals surface area contributed by atoms with Gasteiger partial charge in [0.05, 0.1) is 18.7 Å². The average Bonchev–Trinajstić information content (AvgIpc) is 2.94. The van der Waals surface area contributed by atoms with Crippen molar-refractivity contribution in [3.8, 4) is 0 Å². The highest BCUT2D eigenvalue weighted by atomic mass is 19.1. The van der Waals surface area contributed by atoms with Crippen LogP contribution in [0.4, 0.5) is 10.1 Å². The summed E-state index contributed by atoms with van der Waals surface area (Å²) in [6.07, 6.45) is 2.67. The maximum Gasteiger partial charge on any atom is 0.125 e. The number of benzene rings is 1. The van der Waals surface area contributed by atoms with Gasteiger partial charge < -0.3 is 14.4 Å². The van der Waals surface area contributed by atoms with Crippen molar-refractivity contribution in [2.45, 2.75) is 12.0 Å². The molecule has 0 radical (unpaired) electrons. The van der Waals surface area contributed by atoms with Crippen LogP contribution in [-0.4, -0.2) is 43.5 Å². The van der Waals surface area contributed by atoms with Crippen molar-refractivity contribution in [2.24, 2.45) is 0 Å². The summed E-state index contributed by atoms with van der Waals surface area (Å²) >= 11 is 0. The topological polar surface area (TPSA) is 34.6 Å². The van der Waals surface area contributed by atoms with Gasteiger partial charge in [0.15, 0.2) is 0 Å². The first-order valence-corrected chi connectivity index (χ1v) is 7.27. The molecule has 1 unspecified atom stereocenters. The molecule has 2 fully saturated rings. The molecule has 3 heterocycles. The molecule has 0 saturated carbocycles. The van der Waals surface area contributed by atoms with E-state index in [1.807, 2.05) is 6.07 Å². The molecule has 0 bridgehead atoms. The molecule has 2 aliphatic rings. The highest BCUT2D eigenvalue weighted by Crippen LogP contribution is 2.33. The minimum absolute atomic E-state index is 0.187. The second-order valence-corrected chi connectivity index (χ2v) is 5.75. The molecule has 4 nitrogen and oxygen atoms in total. The molecule has 2 saturated heterocycles. The molecule has 4 rings (SSSR count). The Hall–Kier alpha value is -1.72. The lowest BCUT2D eigenvalue weighted by Gasteiger charge is -2.41. The van der Waals surface area contributed by atoms with Crippen molar-refractivity contribution in [3.05, 3.63) is 36.3 Å². The Balaban J connectivity index is 1.72. The van der Waals surface area contributed by atoms with Crippen LogP contribution >= 0.6 is 0 Å². The van der Waals surface area contributed by atoms with Gasteiger partial charge in [-0.05, 0) is 18.2 Å². The summed E-state index contributed by atoms with van der Waals surface area (Å²) in [6.45, 7) is 3.74. The minimum atomic E-state index is -0.255. The third-order valence-corrected chi connectivity index (χ3v) is 4.34. The SMILES string of the molecule is Fc1ccc2c(N3CCOC4(CCOC4)C3)ccnc2c1. The van der Waals surface area contributed by atoms with E-state index in [-0.39, 0.29) is 11.4 Å². The lowest BCUT2D eigenvalue weighted by Crippen LogP contribution is -2.52. The van der Waals surface area contributed by atoms with E-state index in [1.54, 1.807) is 12.3 Å². The molecule has 5 heteroatoms. The van der Waals surface area contributed by atoms with Crippen molar-refractivity contribution in [1.29, 1.82) is 0 Å². The van der Waals surface area contributed by atoms with Crippen molar-refractivity contribution in [3.63, 3.8) is 0 Å². The molecule has 2 aliphatic heterocycles. The Kier molecular flexibility index (Phi) is 3.05. The summed E-state index contributed by atoms with van der Waals surface area (Å²) in [4.78, 5) is 6.57. The molecule has 1 aromatic carbocycles. The average molecular weight is 288 g/mol. The van der Waals surface area contributed by atoms with Gasteiger partial charge in [0.25, 0.3) is 0 Å². The number of aromatic nitrogens is 1. The molecule has 110 valence electrons. The monoisotopic (exact) mass is 288 g/mol. The fraction of sp³-hybridized carbons (Fsp3) is 0.438. The van der Waals surface area contributed by atoms with Crippen LogP contribution in [-0.2, 0) is 9.47 Å². The third kappa shape index (κ3) is 2.26. The zero-order chi connectivity index (χ0) is 14.3. The number of morpholine rings is 1. The first-order chi connectivity index (χ1) is 10.3. The zero-order valence-corrected chi connectivity index (χ0v) is 11.7. The predicted octanol–water partition coefficient (Wildman–Crippen LogP) is 2.37. The number of nitrogens with zero attached hydrogens (tertiary/aromatic N) is 2. The number of pyridine rings is 1. The Bertz CT molecular complexity index is 670. The van der Waals surface area contributed by atoms with Crippen LogP contribution in [0.25, 0.3) is 10.9 Å². The number of hydrogen-bond acceptors (Lipinski definition) is 4. The van der Waals surface area contributed by atoms with Gasteiger partial charge in [-0.1, -0.05) is 0 Å². The maximum atomic E-state index is 13.4. The minimum Gasteiger partial charge on any atom is -0.378 e. The summed E-state index contributed by atoms with van der Waals surface area (Å²) in [5.74, 6) is -0.255. The van der Waals surface area contributed by atoms with Crippen molar-refractivity contribution >= 4 is 16.6 Å². The van der Waals surface area contributed by atoms with E-state index >= 15 is 0 Å². The highest BCUT2D eigenvalue weighted by molar-refractivity contribution is 5.91. The molecule has 0 N–H and O–H groups in total. The summed E-state index contributed by atoms with van der Waals surface area (Å²) in [6, 6.07) is 6.77. The van der Waals surface area contributed by atoms with E-state index in [2.05, 4.69) is 9.88 Å². The smallest absolute Gasteiger partial charge is 0.125 e. The predicted molar refractivity (Wildman–Crippen MR) is 78.0 cm³/mol. The van der Waals surface area contributed by atoms with Gasteiger partial charge in [0.1, 0.15) is 11.4 Å². The van der Waals surface area contributed by atoms with E-state index in [0.717, 1.165) is 37.2 Å². The highest BCUT2D eigenvalue weighted by Gasteiger charge is 2.40. The summed E-state index contributed by atoms with van der Waals surface area (Å²) in [5, 5.41) is 0.981. The Labute approximate surface area is 122 Å². The zero-order valence-electron chi connectivity index (χ0n) is 11.7. The van der Waals surface area contributed by atoms with Crippen LogP contribution in [0, 0.1) is 5.82 Å². The first-order valence-electron chi connectivity index (χ1n) is 7.27. The van der Waals surface area contributed by atoms with Gasteiger partial charge >= 0.3 is 0 Å². The summed E-state index contributed by atoms with van der Waals surface area (Å²) in [7, 11) is 0. The normalized spacial score (nSPS) is 25.9. The van der Waals surface area contributed by atoms with Crippen LogP contribution in [0.5, 0.6) is 0 Å². The van der Waals surface area contributed by atoms with E-state index < -0.39 is 0 Å². The van der Waals surface area contributed by atoms with Gasteiger partial charge in [-0.3, -0.25) is 4.98 Å². The molecule has 0 amide bonds.